The third-order valence-corrected chi connectivity index (χ3v) is 6.68. The average Bonchev–Trinajstić information content (AvgIpc) is 2.69. The summed E-state index contributed by atoms with van der Waals surface area (Å²) in [5.41, 5.74) is 1.53. The molecule has 2 heterocycles. The number of amides is 1. The number of rotatable bonds is 6. The number of carbonyl (C=O) groups is 1. The number of benzene rings is 1. The molecule has 7 nitrogen and oxygen atoms in total. The smallest absolute Gasteiger partial charge is 0.290 e. The molecule has 0 bridgehead atoms. The maximum absolute atomic E-state index is 12.8. The van der Waals surface area contributed by atoms with E-state index in [2.05, 4.69) is 5.32 Å². The van der Waals surface area contributed by atoms with Crippen LogP contribution in [0.25, 0.3) is 0 Å². The van der Waals surface area contributed by atoms with Crippen LogP contribution in [0.15, 0.2) is 53.7 Å². The van der Waals surface area contributed by atoms with Gasteiger partial charge in [0.1, 0.15) is 0 Å². The van der Waals surface area contributed by atoms with E-state index >= 15 is 0 Å². The van der Waals surface area contributed by atoms with Gasteiger partial charge in [-0.3, -0.25) is 4.79 Å². The molecule has 1 fully saturated rings. The highest BCUT2D eigenvalue weighted by Crippen LogP contribution is 2.22. The van der Waals surface area contributed by atoms with Gasteiger partial charge in [0.15, 0.2) is 12.4 Å². The van der Waals surface area contributed by atoms with Crippen molar-refractivity contribution < 1.29 is 17.8 Å². The van der Waals surface area contributed by atoms with Gasteiger partial charge in [-0.1, -0.05) is 12.5 Å². The summed E-state index contributed by atoms with van der Waals surface area (Å²) in [6.07, 6.45) is 6.52. The lowest BCUT2D eigenvalue weighted by molar-refractivity contribution is -0.684. The highest BCUT2D eigenvalue weighted by atomic mass is 32.2. The van der Waals surface area contributed by atoms with Crippen LogP contribution in [-0.2, 0) is 21.4 Å². The van der Waals surface area contributed by atoms with Gasteiger partial charge in [-0.2, -0.15) is 8.87 Å². The topological polar surface area (TPSA) is 73.6 Å². The number of pyridine rings is 1. The number of piperidine rings is 1. The van der Waals surface area contributed by atoms with E-state index < -0.39 is 10.0 Å². The van der Waals surface area contributed by atoms with Gasteiger partial charge in [-0.15, -0.1) is 0 Å². The Bertz CT molecular complexity index is 921. The molecule has 3 rings (SSSR count). The predicted molar refractivity (Wildman–Crippen MR) is 109 cm³/mol. The minimum Gasteiger partial charge on any atom is -0.377 e. The molecule has 2 aromatic rings. The first-order chi connectivity index (χ1) is 13.4. The van der Waals surface area contributed by atoms with Gasteiger partial charge < -0.3 is 10.2 Å². The summed E-state index contributed by atoms with van der Waals surface area (Å²) in [6, 6.07) is 10.3. The van der Waals surface area contributed by atoms with Crippen molar-refractivity contribution in [2.75, 3.05) is 37.4 Å². The number of carbonyl (C=O) groups excluding carboxylic acids is 1. The lowest BCUT2D eigenvalue weighted by atomic mass is 10.2. The van der Waals surface area contributed by atoms with Gasteiger partial charge in [0.05, 0.1) is 4.90 Å². The third kappa shape index (κ3) is 4.88. The number of aromatic nitrogens is 1. The molecule has 0 saturated carbocycles. The molecule has 0 unspecified atom stereocenters. The van der Waals surface area contributed by atoms with E-state index in [9.17, 15) is 13.2 Å². The lowest BCUT2D eigenvalue weighted by Gasteiger charge is -2.26. The summed E-state index contributed by atoms with van der Waals surface area (Å²) in [5, 5.41) is 2.79. The molecular weight excluding hydrogens is 376 g/mol. The Labute approximate surface area is 166 Å². The Kier molecular flexibility index (Phi) is 6.31. The first-order valence-electron chi connectivity index (χ1n) is 9.43. The van der Waals surface area contributed by atoms with Crippen molar-refractivity contribution in [3.8, 4) is 0 Å². The second-order valence-electron chi connectivity index (χ2n) is 7.16. The monoisotopic (exact) mass is 403 g/mol. The third-order valence-electron chi connectivity index (χ3n) is 4.79. The Morgan fingerprint density at radius 3 is 2.43 bits per heavy atom. The highest BCUT2D eigenvalue weighted by molar-refractivity contribution is 7.89. The van der Waals surface area contributed by atoms with Gasteiger partial charge >= 0.3 is 0 Å². The molecule has 28 heavy (non-hydrogen) atoms. The van der Waals surface area contributed by atoms with E-state index in [1.807, 2.05) is 43.5 Å². The molecule has 0 spiro atoms. The maximum Gasteiger partial charge on any atom is 0.290 e. The van der Waals surface area contributed by atoms with Crippen LogP contribution < -0.4 is 14.8 Å². The van der Waals surface area contributed by atoms with E-state index in [-0.39, 0.29) is 17.3 Å². The molecule has 1 N–H and O–H groups in total. The molecule has 1 aromatic heterocycles. The molecule has 150 valence electrons. The van der Waals surface area contributed by atoms with Gasteiger partial charge in [0.25, 0.3) is 5.91 Å². The van der Waals surface area contributed by atoms with Crippen molar-refractivity contribution in [1.82, 2.24) is 4.31 Å². The first-order valence-corrected chi connectivity index (χ1v) is 10.9. The van der Waals surface area contributed by atoms with Crippen molar-refractivity contribution >= 4 is 27.3 Å². The minimum atomic E-state index is -3.52. The van der Waals surface area contributed by atoms with Gasteiger partial charge in [0.2, 0.25) is 16.6 Å². The summed E-state index contributed by atoms with van der Waals surface area (Å²) in [5.74, 6) is -0.213. The van der Waals surface area contributed by atoms with Gasteiger partial charge in [-0.25, -0.2) is 8.42 Å². The van der Waals surface area contributed by atoms with Crippen molar-refractivity contribution in [2.45, 2.75) is 30.7 Å². The largest absolute Gasteiger partial charge is 0.377 e. The lowest BCUT2D eigenvalue weighted by Crippen LogP contribution is -2.39. The minimum absolute atomic E-state index is 0.150. The molecule has 0 radical (unpaired) electrons. The van der Waals surface area contributed by atoms with E-state index in [0.717, 1.165) is 24.9 Å². The molecule has 1 aliphatic rings. The van der Waals surface area contributed by atoms with E-state index in [4.69, 9.17) is 0 Å². The summed E-state index contributed by atoms with van der Waals surface area (Å²) in [4.78, 5) is 14.6. The normalized spacial score (nSPS) is 15.2. The summed E-state index contributed by atoms with van der Waals surface area (Å²) in [6.45, 7) is 1.26. The van der Waals surface area contributed by atoms with Crippen molar-refractivity contribution in [3.05, 3.63) is 48.8 Å². The molecule has 0 aliphatic carbocycles. The maximum atomic E-state index is 12.8. The van der Waals surface area contributed by atoms with Crippen LogP contribution >= 0.6 is 0 Å². The van der Waals surface area contributed by atoms with Crippen LogP contribution in [0.5, 0.6) is 0 Å². The van der Waals surface area contributed by atoms with Crippen LogP contribution in [0.2, 0.25) is 0 Å². The second kappa shape index (κ2) is 8.70. The van der Waals surface area contributed by atoms with Crippen molar-refractivity contribution in [1.29, 1.82) is 0 Å². The molecule has 1 aliphatic heterocycles. The molecule has 8 heteroatoms. The van der Waals surface area contributed by atoms with Crippen LogP contribution in [-0.4, -0.2) is 45.8 Å². The predicted octanol–water partition coefficient (Wildman–Crippen LogP) is 1.85. The van der Waals surface area contributed by atoms with E-state index in [0.29, 0.717) is 18.8 Å². The summed E-state index contributed by atoms with van der Waals surface area (Å²) in [7, 11) is 0.391. The number of hydrogen-bond donors (Lipinski definition) is 1. The number of nitrogens with one attached hydrogen (secondary N) is 1. The van der Waals surface area contributed by atoms with E-state index in [1.165, 1.54) is 10.4 Å². The SMILES string of the molecule is CN(C)c1cc[n+](CC(=O)Nc2cccc(S(=O)(=O)N3CCCCC3)c2)cc1. The average molecular weight is 404 g/mol. The quantitative estimate of drug-likeness (QED) is 0.747. The zero-order valence-corrected chi connectivity index (χ0v) is 17.2. The summed E-state index contributed by atoms with van der Waals surface area (Å²) >= 11 is 0. The Balaban J connectivity index is 1.67. The molecule has 0 atom stereocenters. The fourth-order valence-corrected chi connectivity index (χ4v) is 4.77. The molecule has 1 aromatic carbocycles. The first kappa shape index (κ1) is 20.3. The van der Waals surface area contributed by atoms with Gasteiger partial charge in [-0.05, 0) is 31.0 Å². The summed E-state index contributed by atoms with van der Waals surface area (Å²) < 4.78 is 28.9. The standard InChI is InChI=1S/C20H26N4O3S/c1-22(2)18-9-13-23(14-10-18)16-20(25)21-17-7-6-8-19(15-17)28(26,27)24-11-4-3-5-12-24/h6-10,13-15H,3-5,11-12,16H2,1-2H3/p+1. The van der Waals surface area contributed by atoms with Crippen LogP contribution in [0.3, 0.4) is 0 Å². The fourth-order valence-electron chi connectivity index (χ4n) is 3.21. The highest BCUT2D eigenvalue weighted by Gasteiger charge is 2.26. The fraction of sp³-hybridized carbons (Fsp3) is 0.400. The van der Waals surface area contributed by atoms with Crippen molar-refractivity contribution in [3.63, 3.8) is 0 Å². The number of nitrogens with zero attached hydrogens (tertiary/aromatic N) is 3. The van der Waals surface area contributed by atoms with Crippen molar-refractivity contribution in [2.24, 2.45) is 0 Å². The zero-order chi connectivity index (χ0) is 20.1. The Morgan fingerprint density at radius 1 is 1.11 bits per heavy atom. The number of anilines is 2. The Hall–Kier alpha value is -2.45. The number of hydrogen-bond acceptors (Lipinski definition) is 4. The molecular formula is C20H27N4O3S+. The molecule has 1 amide bonds. The van der Waals surface area contributed by atoms with Gasteiger partial charge in [0, 0.05) is 50.7 Å². The van der Waals surface area contributed by atoms with Crippen LogP contribution in [0, 0.1) is 0 Å². The molecule has 1 saturated heterocycles. The second-order valence-corrected chi connectivity index (χ2v) is 9.10. The Morgan fingerprint density at radius 2 is 1.79 bits per heavy atom. The van der Waals surface area contributed by atoms with E-state index in [1.54, 1.807) is 22.8 Å². The zero-order valence-electron chi connectivity index (χ0n) is 16.3. The number of sulfonamides is 1. The van der Waals surface area contributed by atoms with Crippen LogP contribution in [0.1, 0.15) is 19.3 Å². The van der Waals surface area contributed by atoms with Crippen LogP contribution in [0.4, 0.5) is 11.4 Å².